The van der Waals surface area contributed by atoms with Gasteiger partial charge in [0.25, 0.3) is 0 Å². The highest BCUT2D eigenvalue weighted by molar-refractivity contribution is 5.86. The minimum atomic E-state index is 0.218. The summed E-state index contributed by atoms with van der Waals surface area (Å²) in [4.78, 5) is 27.6. The lowest BCUT2D eigenvalue weighted by Crippen LogP contribution is -2.50. The normalized spacial score (nSPS) is 23.1. The summed E-state index contributed by atoms with van der Waals surface area (Å²) in [5.41, 5.74) is 2.17. The minimum Gasteiger partial charge on any atom is -0.474 e. The standard InChI is InChI=1S/C24H33N5O2/c1-18(30)29-9-3-4-19(16-29)15-27-10-12-28(13-11-27)20-7-8-23-22(14-20)24(26-17-25-23)31-21-5-2-6-21/h7-8,14,17,19,21H,2-6,9-13,15-16H2,1H3. The summed E-state index contributed by atoms with van der Waals surface area (Å²) in [6.45, 7) is 8.79. The van der Waals surface area contributed by atoms with Crippen LogP contribution in [0, 0.1) is 5.92 Å². The first kappa shape index (κ1) is 20.5. The molecular weight excluding hydrogens is 390 g/mol. The van der Waals surface area contributed by atoms with E-state index in [2.05, 4.69) is 38.0 Å². The van der Waals surface area contributed by atoms with Gasteiger partial charge in [0.05, 0.1) is 10.9 Å². The summed E-state index contributed by atoms with van der Waals surface area (Å²) in [5.74, 6) is 1.55. The SMILES string of the molecule is CC(=O)N1CCCC(CN2CCN(c3ccc4ncnc(OC5CCC5)c4c3)CC2)C1. The number of hydrogen-bond donors (Lipinski definition) is 0. The van der Waals surface area contributed by atoms with Gasteiger partial charge in [-0.05, 0) is 56.2 Å². The summed E-state index contributed by atoms with van der Waals surface area (Å²) in [7, 11) is 0. The number of carbonyl (C=O) groups excluding carboxylic acids is 1. The van der Waals surface area contributed by atoms with Crippen molar-refractivity contribution in [1.29, 1.82) is 0 Å². The number of aromatic nitrogens is 2. The molecule has 0 N–H and O–H groups in total. The fraction of sp³-hybridized carbons (Fsp3) is 0.625. The zero-order valence-corrected chi connectivity index (χ0v) is 18.5. The highest BCUT2D eigenvalue weighted by Crippen LogP contribution is 2.31. The molecule has 1 aromatic carbocycles. The van der Waals surface area contributed by atoms with E-state index in [1.807, 2.05) is 4.90 Å². The number of fused-ring (bicyclic) bond motifs is 1. The average molecular weight is 424 g/mol. The second-order valence-electron chi connectivity index (χ2n) is 9.31. The molecule has 3 aliphatic rings. The fourth-order valence-corrected chi connectivity index (χ4v) is 5.01. The van der Waals surface area contributed by atoms with Crippen LogP contribution in [0.3, 0.4) is 0 Å². The van der Waals surface area contributed by atoms with Crippen molar-refractivity contribution in [3.05, 3.63) is 24.5 Å². The molecule has 1 aromatic heterocycles. The van der Waals surface area contributed by atoms with Crippen LogP contribution in [0.15, 0.2) is 24.5 Å². The molecule has 3 heterocycles. The first-order chi connectivity index (χ1) is 15.2. The quantitative estimate of drug-likeness (QED) is 0.737. The van der Waals surface area contributed by atoms with E-state index in [4.69, 9.17) is 4.74 Å². The minimum absolute atomic E-state index is 0.218. The van der Waals surface area contributed by atoms with Crippen molar-refractivity contribution >= 4 is 22.5 Å². The molecule has 7 nitrogen and oxygen atoms in total. The van der Waals surface area contributed by atoms with Crippen LogP contribution in [-0.4, -0.2) is 77.6 Å². The van der Waals surface area contributed by atoms with Crippen LogP contribution in [0.4, 0.5) is 5.69 Å². The van der Waals surface area contributed by atoms with Gasteiger partial charge in [-0.25, -0.2) is 9.97 Å². The van der Waals surface area contributed by atoms with Crippen LogP contribution >= 0.6 is 0 Å². The molecule has 2 aliphatic heterocycles. The molecule has 31 heavy (non-hydrogen) atoms. The summed E-state index contributed by atoms with van der Waals surface area (Å²) >= 11 is 0. The molecule has 2 aromatic rings. The van der Waals surface area contributed by atoms with Crippen molar-refractivity contribution < 1.29 is 9.53 Å². The van der Waals surface area contributed by atoms with Gasteiger partial charge in [0.1, 0.15) is 12.4 Å². The van der Waals surface area contributed by atoms with Crippen molar-refractivity contribution in [2.24, 2.45) is 5.92 Å². The van der Waals surface area contributed by atoms with Crippen molar-refractivity contribution in [3.63, 3.8) is 0 Å². The van der Waals surface area contributed by atoms with Gasteiger partial charge in [-0.1, -0.05) is 0 Å². The van der Waals surface area contributed by atoms with E-state index in [0.29, 0.717) is 12.0 Å². The third-order valence-electron chi connectivity index (χ3n) is 7.13. The Labute approximate surface area is 184 Å². The number of likely N-dealkylation sites (tertiary alicyclic amines) is 1. The molecule has 7 heteroatoms. The van der Waals surface area contributed by atoms with E-state index in [0.717, 1.165) is 81.9 Å². The van der Waals surface area contributed by atoms with Crippen LogP contribution in [0.2, 0.25) is 0 Å². The van der Waals surface area contributed by atoms with Gasteiger partial charge in [0.2, 0.25) is 11.8 Å². The second kappa shape index (κ2) is 8.99. The molecule has 1 amide bonds. The molecule has 2 saturated heterocycles. The Balaban J connectivity index is 1.21. The number of carbonyl (C=O) groups is 1. The highest BCUT2D eigenvalue weighted by Gasteiger charge is 2.26. The van der Waals surface area contributed by atoms with Crippen molar-refractivity contribution in [3.8, 4) is 5.88 Å². The van der Waals surface area contributed by atoms with E-state index >= 15 is 0 Å². The molecule has 3 fully saturated rings. The Morgan fingerprint density at radius 3 is 2.65 bits per heavy atom. The Morgan fingerprint density at radius 1 is 1.06 bits per heavy atom. The van der Waals surface area contributed by atoms with Crippen molar-refractivity contribution in [2.45, 2.75) is 45.1 Å². The zero-order valence-electron chi connectivity index (χ0n) is 18.5. The van der Waals surface area contributed by atoms with Crippen LogP contribution in [-0.2, 0) is 4.79 Å². The second-order valence-corrected chi connectivity index (χ2v) is 9.31. The maximum Gasteiger partial charge on any atom is 0.224 e. The number of rotatable bonds is 5. The monoisotopic (exact) mass is 423 g/mol. The molecule has 1 saturated carbocycles. The van der Waals surface area contributed by atoms with Gasteiger partial charge in [0.15, 0.2) is 0 Å². The van der Waals surface area contributed by atoms with Crippen LogP contribution in [0.25, 0.3) is 10.9 Å². The number of ether oxygens (including phenoxy) is 1. The molecule has 0 bridgehead atoms. The Hall–Kier alpha value is -2.41. The van der Waals surface area contributed by atoms with Crippen molar-refractivity contribution in [2.75, 3.05) is 50.7 Å². The Morgan fingerprint density at radius 2 is 1.90 bits per heavy atom. The summed E-state index contributed by atoms with van der Waals surface area (Å²) in [6.07, 6.45) is 7.78. The maximum atomic E-state index is 11.7. The summed E-state index contributed by atoms with van der Waals surface area (Å²) < 4.78 is 6.13. The maximum absolute atomic E-state index is 11.7. The van der Waals surface area contributed by atoms with Crippen LogP contribution < -0.4 is 9.64 Å². The van der Waals surface area contributed by atoms with Gasteiger partial charge in [0, 0.05) is 58.4 Å². The molecule has 166 valence electrons. The molecule has 0 radical (unpaired) electrons. The van der Waals surface area contributed by atoms with Gasteiger partial charge in [-0.2, -0.15) is 0 Å². The number of nitrogens with zero attached hydrogens (tertiary/aromatic N) is 5. The average Bonchev–Trinajstić information content (AvgIpc) is 2.77. The Kier molecular flexibility index (Phi) is 5.94. The smallest absolute Gasteiger partial charge is 0.224 e. The van der Waals surface area contributed by atoms with E-state index in [-0.39, 0.29) is 5.91 Å². The number of piperidine rings is 1. The third kappa shape index (κ3) is 4.61. The molecular formula is C24H33N5O2. The number of benzene rings is 1. The number of anilines is 1. The zero-order chi connectivity index (χ0) is 21.2. The van der Waals surface area contributed by atoms with E-state index in [1.54, 1.807) is 13.3 Å². The van der Waals surface area contributed by atoms with E-state index < -0.39 is 0 Å². The van der Waals surface area contributed by atoms with E-state index in [1.165, 1.54) is 18.5 Å². The summed E-state index contributed by atoms with van der Waals surface area (Å²) in [6, 6.07) is 6.46. The largest absolute Gasteiger partial charge is 0.474 e. The molecule has 1 atom stereocenters. The molecule has 1 aliphatic carbocycles. The molecule has 1 unspecified atom stereocenters. The summed E-state index contributed by atoms with van der Waals surface area (Å²) in [5, 5.41) is 1.01. The molecule has 5 rings (SSSR count). The van der Waals surface area contributed by atoms with Crippen LogP contribution in [0.5, 0.6) is 5.88 Å². The highest BCUT2D eigenvalue weighted by atomic mass is 16.5. The lowest BCUT2D eigenvalue weighted by Gasteiger charge is -2.40. The number of piperazine rings is 1. The van der Waals surface area contributed by atoms with Crippen LogP contribution in [0.1, 0.15) is 39.0 Å². The molecule has 0 spiro atoms. The third-order valence-corrected chi connectivity index (χ3v) is 7.13. The predicted octanol–water partition coefficient (Wildman–Crippen LogP) is 2.94. The first-order valence-electron chi connectivity index (χ1n) is 11.8. The lowest BCUT2D eigenvalue weighted by atomic mass is 9.96. The fourth-order valence-electron chi connectivity index (χ4n) is 5.01. The van der Waals surface area contributed by atoms with Gasteiger partial charge >= 0.3 is 0 Å². The lowest BCUT2D eigenvalue weighted by molar-refractivity contribution is -0.130. The topological polar surface area (TPSA) is 61.8 Å². The number of hydrogen-bond acceptors (Lipinski definition) is 6. The number of amides is 1. The van der Waals surface area contributed by atoms with Crippen molar-refractivity contribution in [1.82, 2.24) is 19.8 Å². The first-order valence-corrected chi connectivity index (χ1v) is 11.8. The predicted molar refractivity (Wildman–Crippen MR) is 121 cm³/mol. The van der Waals surface area contributed by atoms with Gasteiger partial charge in [-0.15, -0.1) is 0 Å². The van der Waals surface area contributed by atoms with Gasteiger partial charge < -0.3 is 14.5 Å². The van der Waals surface area contributed by atoms with Gasteiger partial charge in [-0.3, -0.25) is 9.69 Å². The van der Waals surface area contributed by atoms with E-state index in [9.17, 15) is 4.79 Å². The Bertz CT molecular complexity index is 923.